The molecule has 2 rings (SSSR count). The van der Waals surface area contributed by atoms with Crippen LogP contribution in [0.25, 0.3) is 0 Å². The first-order valence-corrected chi connectivity index (χ1v) is 4.90. The van der Waals surface area contributed by atoms with Crippen molar-refractivity contribution in [3.05, 3.63) is 35.1 Å². The van der Waals surface area contributed by atoms with Gasteiger partial charge in [0, 0.05) is 23.6 Å². The fraction of sp³-hybridized carbons (Fsp3) is 0.250. The molecule has 0 radical (unpaired) electrons. The van der Waals surface area contributed by atoms with Crippen LogP contribution in [0.15, 0.2) is 23.8 Å². The molecule has 1 atom stereocenters. The number of aliphatic hydroxyl groups excluding tert-OH is 1. The van der Waals surface area contributed by atoms with Gasteiger partial charge in [-0.15, -0.1) is 5.10 Å². The van der Waals surface area contributed by atoms with Crippen molar-refractivity contribution < 1.29 is 5.11 Å². The van der Waals surface area contributed by atoms with Crippen LogP contribution in [0.5, 0.6) is 0 Å². The summed E-state index contributed by atoms with van der Waals surface area (Å²) in [6, 6.07) is 1.73. The van der Waals surface area contributed by atoms with Gasteiger partial charge in [-0.2, -0.15) is 10.2 Å². The molecule has 0 aliphatic rings. The maximum absolute atomic E-state index is 9.76. The van der Waals surface area contributed by atoms with Gasteiger partial charge in [0.25, 0.3) is 0 Å². The molecular formula is C8H8N4OS. The lowest BCUT2D eigenvalue weighted by Crippen LogP contribution is -2.02. The molecule has 0 aliphatic heterocycles. The fourth-order valence-corrected chi connectivity index (χ4v) is 1.55. The first-order valence-electron chi connectivity index (χ1n) is 4.07. The summed E-state index contributed by atoms with van der Waals surface area (Å²) in [4.78, 5) is 0. The molecule has 0 aromatic carbocycles. The van der Waals surface area contributed by atoms with Crippen molar-refractivity contribution in [3.8, 4) is 0 Å². The Bertz CT molecular complexity index is 378. The van der Waals surface area contributed by atoms with Gasteiger partial charge in [-0.1, -0.05) is 4.49 Å². The van der Waals surface area contributed by atoms with E-state index in [0.717, 1.165) is 11.3 Å². The summed E-state index contributed by atoms with van der Waals surface area (Å²) in [6.45, 7) is 0. The van der Waals surface area contributed by atoms with Crippen LogP contribution in [0.3, 0.4) is 0 Å². The molecule has 0 saturated heterocycles. The number of rotatable bonds is 3. The third kappa shape index (κ3) is 2.09. The molecule has 2 aromatic rings. The first-order chi connectivity index (χ1) is 6.86. The predicted octanol–water partition coefficient (Wildman–Crippen LogP) is 0.604. The monoisotopic (exact) mass is 208 g/mol. The molecule has 0 aliphatic carbocycles. The highest BCUT2D eigenvalue weighted by Gasteiger charge is 2.10. The maximum atomic E-state index is 9.76. The van der Waals surface area contributed by atoms with Gasteiger partial charge in [-0.25, -0.2) is 0 Å². The van der Waals surface area contributed by atoms with Crippen molar-refractivity contribution >= 4 is 11.5 Å². The highest BCUT2D eigenvalue weighted by Crippen LogP contribution is 2.15. The highest BCUT2D eigenvalue weighted by atomic mass is 32.1. The molecular weight excluding hydrogens is 200 g/mol. The number of aromatic nitrogens is 4. The lowest BCUT2D eigenvalue weighted by molar-refractivity contribution is 0.176. The van der Waals surface area contributed by atoms with E-state index in [4.69, 9.17) is 0 Å². The lowest BCUT2D eigenvalue weighted by Gasteiger charge is -2.06. The van der Waals surface area contributed by atoms with Gasteiger partial charge in [-0.05, 0) is 17.6 Å². The van der Waals surface area contributed by atoms with Crippen LogP contribution >= 0.6 is 11.5 Å². The number of nitrogens with zero attached hydrogens (tertiary/aromatic N) is 4. The summed E-state index contributed by atoms with van der Waals surface area (Å²) >= 11 is 1.28. The Morgan fingerprint density at radius 2 is 2.36 bits per heavy atom. The zero-order valence-electron chi connectivity index (χ0n) is 7.24. The zero-order chi connectivity index (χ0) is 9.80. The Balaban J connectivity index is 2.07. The molecule has 2 aromatic heterocycles. The minimum absolute atomic E-state index is 0.461. The second kappa shape index (κ2) is 4.21. The molecule has 0 bridgehead atoms. The van der Waals surface area contributed by atoms with E-state index in [-0.39, 0.29) is 0 Å². The average Bonchev–Trinajstić information content (AvgIpc) is 2.72. The van der Waals surface area contributed by atoms with E-state index in [1.165, 1.54) is 11.5 Å². The van der Waals surface area contributed by atoms with E-state index in [1.54, 1.807) is 18.5 Å². The summed E-state index contributed by atoms with van der Waals surface area (Å²) in [5.74, 6) is 0. The Labute approximate surface area is 84.6 Å². The van der Waals surface area contributed by atoms with Crippen LogP contribution in [0, 0.1) is 0 Å². The molecule has 1 N–H and O–H groups in total. The van der Waals surface area contributed by atoms with Gasteiger partial charge >= 0.3 is 0 Å². The molecule has 6 heteroatoms. The first kappa shape index (κ1) is 9.17. The van der Waals surface area contributed by atoms with Crippen LogP contribution in [-0.2, 0) is 6.42 Å². The normalized spacial score (nSPS) is 12.6. The van der Waals surface area contributed by atoms with E-state index >= 15 is 0 Å². The molecule has 2 heterocycles. The smallest absolute Gasteiger partial charge is 0.0862 e. The maximum Gasteiger partial charge on any atom is 0.0862 e. The highest BCUT2D eigenvalue weighted by molar-refractivity contribution is 7.03. The SMILES string of the molecule is OC(Cc1csnn1)c1ccnnc1. The Hall–Kier alpha value is -1.40. The van der Waals surface area contributed by atoms with Crippen molar-refractivity contribution in [1.82, 2.24) is 19.8 Å². The minimum atomic E-state index is -0.589. The largest absolute Gasteiger partial charge is 0.388 e. The molecule has 1 unspecified atom stereocenters. The van der Waals surface area contributed by atoms with Gasteiger partial charge in [0.15, 0.2) is 0 Å². The molecule has 5 nitrogen and oxygen atoms in total. The second-order valence-corrected chi connectivity index (χ2v) is 3.40. The Morgan fingerprint density at radius 3 is 3.00 bits per heavy atom. The number of hydrogen-bond donors (Lipinski definition) is 1. The van der Waals surface area contributed by atoms with Crippen LogP contribution in [0.2, 0.25) is 0 Å². The number of aliphatic hydroxyl groups is 1. The molecule has 0 saturated carbocycles. The van der Waals surface area contributed by atoms with Crippen molar-refractivity contribution in [2.75, 3.05) is 0 Å². The van der Waals surface area contributed by atoms with Crippen LogP contribution < -0.4 is 0 Å². The van der Waals surface area contributed by atoms with E-state index in [0.29, 0.717) is 6.42 Å². The third-order valence-electron chi connectivity index (χ3n) is 1.80. The van der Waals surface area contributed by atoms with Gasteiger partial charge in [0.2, 0.25) is 0 Å². The van der Waals surface area contributed by atoms with Gasteiger partial charge in [0.05, 0.1) is 18.0 Å². The summed E-state index contributed by atoms with van der Waals surface area (Å²) in [5, 5.41) is 22.8. The topological polar surface area (TPSA) is 71.8 Å². The quantitative estimate of drug-likeness (QED) is 0.799. The fourth-order valence-electron chi connectivity index (χ4n) is 1.09. The van der Waals surface area contributed by atoms with Crippen LogP contribution in [-0.4, -0.2) is 24.9 Å². The predicted molar refractivity (Wildman–Crippen MR) is 50.6 cm³/mol. The number of hydrogen-bond acceptors (Lipinski definition) is 6. The van der Waals surface area contributed by atoms with Crippen molar-refractivity contribution in [2.24, 2.45) is 0 Å². The molecule has 0 spiro atoms. The second-order valence-electron chi connectivity index (χ2n) is 2.79. The van der Waals surface area contributed by atoms with E-state index in [1.807, 2.05) is 5.38 Å². The molecule has 0 amide bonds. The third-order valence-corrected chi connectivity index (χ3v) is 2.35. The van der Waals surface area contributed by atoms with E-state index < -0.39 is 6.10 Å². The van der Waals surface area contributed by atoms with E-state index in [2.05, 4.69) is 19.8 Å². The summed E-state index contributed by atoms with van der Waals surface area (Å²) < 4.78 is 3.72. The van der Waals surface area contributed by atoms with Gasteiger partial charge in [0.1, 0.15) is 0 Å². The molecule has 14 heavy (non-hydrogen) atoms. The van der Waals surface area contributed by atoms with Gasteiger partial charge < -0.3 is 5.11 Å². The lowest BCUT2D eigenvalue weighted by atomic mass is 10.1. The average molecular weight is 208 g/mol. The Kier molecular flexibility index (Phi) is 2.76. The van der Waals surface area contributed by atoms with Crippen molar-refractivity contribution in [1.29, 1.82) is 0 Å². The summed E-state index contributed by atoms with van der Waals surface area (Å²) in [6.07, 6.45) is 2.97. The van der Waals surface area contributed by atoms with Crippen molar-refractivity contribution in [2.45, 2.75) is 12.5 Å². The standard InChI is InChI=1S/C8H8N4OS/c13-8(3-7-5-14-12-11-7)6-1-2-9-10-4-6/h1-2,4-5,8,13H,3H2. The summed E-state index contributed by atoms with van der Waals surface area (Å²) in [7, 11) is 0. The van der Waals surface area contributed by atoms with Crippen molar-refractivity contribution in [3.63, 3.8) is 0 Å². The van der Waals surface area contributed by atoms with Crippen LogP contribution in [0.4, 0.5) is 0 Å². The minimum Gasteiger partial charge on any atom is -0.388 e. The molecule has 0 fully saturated rings. The Morgan fingerprint density at radius 1 is 1.43 bits per heavy atom. The van der Waals surface area contributed by atoms with Gasteiger partial charge in [-0.3, -0.25) is 0 Å². The summed E-state index contributed by atoms with van der Waals surface area (Å²) in [5.41, 5.74) is 1.53. The molecule has 72 valence electrons. The zero-order valence-corrected chi connectivity index (χ0v) is 8.05. The van der Waals surface area contributed by atoms with Crippen LogP contribution in [0.1, 0.15) is 17.4 Å². The van der Waals surface area contributed by atoms with E-state index in [9.17, 15) is 5.11 Å².